The summed E-state index contributed by atoms with van der Waals surface area (Å²) >= 11 is 11.9. The Bertz CT molecular complexity index is 521. The molecule has 1 aromatic heterocycles. The number of hydrogen-bond donors (Lipinski definition) is 0. The maximum Gasteiger partial charge on any atom is 0.109 e. The lowest BCUT2D eigenvalue weighted by atomic mass is 10.3. The fraction of sp³-hybridized carbons (Fsp3) is 0.222. The summed E-state index contributed by atoms with van der Waals surface area (Å²) in [6.07, 6.45) is 0. The molecule has 0 unspecified atom stereocenters. The van der Waals surface area contributed by atoms with Gasteiger partial charge in [0, 0.05) is 15.1 Å². The van der Waals surface area contributed by atoms with Crippen LogP contribution in [-0.2, 0) is 7.05 Å². The second kappa shape index (κ2) is 3.64. The molecule has 0 bridgehead atoms. The Labute approximate surface area is 109 Å². The summed E-state index contributed by atoms with van der Waals surface area (Å²) in [4.78, 5) is 4.42. The lowest BCUT2D eigenvalue weighted by molar-refractivity contribution is 0.886. The van der Waals surface area contributed by atoms with Crippen molar-refractivity contribution in [2.75, 3.05) is 0 Å². The first kappa shape index (κ1) is 10.7. The number of rotatable bonds is 0. The number of benzene rings is 1. The van der Waals surface area contributed by atoms with Gasteiger partial charge in [-0.1, -0.05) is 11.6 Å². The molecule has 2 rings (SSSR count). The third-order valence-electron chi connectivity index (χ3n) is 2.24. The van der Waals surface area contributed by atoms with Gasteiger partial charge in [0.05, 0.1) is 10.5 Å². The molecule has 0 saturated heterocycles. The molecule has 1 heterocycles. The first-order chi connectivity index (χ1) is 6.52. The minimum absolute atomic E-state index is 0.721. The number of halogens is 3. The van der Waals surface area contributed by atoms with E-state index in [4.69, 9.17) is 11.6 Å². The third-order valence-corrected chi connectivity index (χ3v) is 5.41. The minimum atomic E-state index is 0.721. The first-order valence-electron chi connectivity index (χ1n) is 3.99. The number of hydrogen-bond acceptors (Lipinski definition) is 1. The van der Waals surface area contributed by atoms with Crippen LogP contribution in [0.3, 0.4) is 0 Å². The van der Waals surface area contributed by atoms with Gasteiger partial charge in [0.2, 0.25) is 0 Å². The number of fused-ring (bicyclic) bond motifs is 1. The van der Waals surface area contributed by atoms with E-state index in [0.717, 1.165) is 29.9 Å². The summed E-state index contributed by atoms with van der Waals surface area (Å²) < 4.78 is 4.05. The molecule has 5 heteroatoms. The summed E-state index contributed by atoms with van der Waals surface area (Å²) in [5, 5.41) is 0.721. The van der Waals surface area contributed by atoms with Crippen molar-refractivity contribution in [2.45, 2.75) is 6.92 Å². The van der Waals surface area contributed by atoms with Gasteiger partial charge in [0.1, 0.15) is 11.3 Å². The van der Waals surface area contributed by atoms with E-state index in [1.54, 1.807) is 0 Å². The zero-order valence-electron chi connectivity index (χ0n) is 7.61. The molecule has 0 aliphatic carbocycles. The van der Waals surface area contributed by atoms with Crippen molar-refractivity contribution < 1.29 is 0 Å². The maximum atomic E-state index is 6.20. The molecular formula is C9H7BrClIN2. The van der Waals surface area contributed by atoms with E-state index in [1.807, 2.05) is 24.6 Å². The molecule has 14 heavy (non-hydrogen) atoms. The van der Waals surface area contributed by atoms with Gasteiger partial charge in [-0.05, 0) is 51.5 Å². The van der Waals surface area contributed by atoms with Crippen LogP contribution in [0.4, 0.5) is 0 Å². The van der Waals surface area contributed by atoms with E-state index >= 15 is 0 Å². The monoisotopic (exact) mass is 384 g/mol. The molecule has 0 radical (unpaired) electrons. The first-order valence-corrected chi connectivity index (χ1v) is 6.24. The van der Waals surface area contributed by atoms with E-state index in [1.165, 1.54) is 0 Å². The van der Waals surface area contributed by atoms with E-state index < -0.39 is 0 Å². The highest BCUT2D eigenvalue weighted by Gasteiger charge is 2.13. The number of aryl methyl sites for hydroxylation is 2. The predicted octanol–water partition coefficient (Wildman–Crippen LogP) is 3.90. The van der Waals surface area contributed by atoms with E-state index in [-0.39, 0.29) is 0 Å². The second-order valence-electron chi connectivity index (χ2n) is 3.07. The minimum Gasteiger partial charge on any atom is -0.331 e. The van der Waals surface area contributed by atoms with E-state index in [2.05, 4.69) is 43.5 Å². The van der Waals surface area contributed by atoms with Crippen molar-refractivity contribution >= 4 is 61.2 Å². The van der Waals surface area contributed by atoms with Crippen molar-refractivity contribution in [3.8, 4) is 0 Å². The van der Waals surface area contributed by atoms with Gasteiger partial charge in [-0.25, -0.2) is 4.98 Å². The van der Waals surface area contributed by atoms with Crippen molar-refractivity contribution in [3.63, 3.8) is 0 Å². The Kier molecular flexibility index (Phi) is 2.79. The second-order valence-corrected chi connectivity index (χ2v) is 5.38. The SMILES string of the molecule is Cc1nc2c(Cl)c(I)c(Br)cc2n1C. The normalized spacial score (nSPS) is 11.2. The summed E-state index contributed by atoms with van der Waals surface area (Å²) in [5.74, 6) is 0.968. The molecule has 2 aromatic rings. The standard InChI is InChI=1S/C9H7BrClIN2/c1-4-13-9-6(14(4)2)3-5(10)8(12)7(9)11/h3H,1-2H3. The van der Waals surface area contributed by atoms with Crippen molar-refractivity contribution in [1.82, 2.24) is 9.55 Å². The lowest BCUT2D eigenvalue weighted by Gasteiger charge is -2.01. The highest BCUT2D eigenvalue weighted by molar-refractivity contribution is 14.1. The van der Waals surface area contributed by atoms with Gasteiger partial charge < -0.3 is 4.57 Å². The van der Waals surface area contributed by atoms with Crippen LogP contribution < -0.4 is 0 Å². The highest BCUT2D eigenvalue weighted by Crippen LogP contribution is 2.33. The number of aromatic nitrogens is 2. The Morgan fingerprint density at radius 1 is 1.57 bits per heavy atom. The Hall–Kier alpha value is 0.190. The predicted molar refractivity (Wildman–Crippen MR) is 70.9 cm³/mol. The average molecular weight is 385 g/mol. The quantitative estimate of drug-likeness (QED) is 0.497. The van der Waals surface area contributed by atoms with E-state index in [9.17, 15) is 0 Å². The fourth-order valence-electron chi connectivity index (χ4n) is 1.35. The maximum absolute atomic E-state index is 6.20. The zero-order valence-corrected chi connectivity index (χ0v) is 12.1. The summed E-state index contributed by atoms with van der Waals surface area (Å²) in [7, 11) is 1.99. The van der Waals surface area contributed by atoms with Crippen LogP contribution in [0.25, 0.3) is 11.0 Å². The summed E-state index contributed by atoms with van der Waals surface area (Å²) in [6.45, 7) is 1.97. The van der Waals surface area contributed by atoms with Gasteiger partial charge in [0.25, 0.3) is 0 Å². The lowest BCUT2D eigenvalue weighted by Crippen LogP contribution is -1.90. The molecular weight excluding hydrogens is 378 g/mol. The van der Waals surface area contributed by atoms with Crippen LogP contribution in [0.2, 0.25) is 5.02 Å². The molecule has 0 saturated carbocycles. The van der Waals surface area contributed by atoms with Gasteiger partial charge >= 0.3 is 0 Å². The molecule has 0 aliphatic rings. The Morgan fingerprint density at radius 3 is 2.86 bits per heavy atom. The smallest absolute Gasteiger partial charge is 0.109 e. The van der Waals surface area contributed by atoms with Gasteiger partial charge in [-0.15, -0.1) is 0 Å². The van der Waals surface area contributed by atoms with Crippen LogP contribution in [0, 0.1) is 10.5 Å². The van der Waals surface area contributed by atoms with Gasteiger partial charge in [-0.3, -0.25) is 0 Å². The van der Waals surface area contributed by atoms with Gasteiger partial charge in [-0.2, -0.15) is 0 Å². The van der Waals surface area contributed by atoms with Gasteiger partial charge in [0.15, 0.2) is 0 Å². The molecule has 1 aromatic carbocycles. The number of imidazole rings is 1. The molecule has 0 fully saturated rings. The van der Waals surface area contributed by atoms with Crippen molar-refractivity contribution in [1.29, 1.82) is 0 Å². The Morgan fingerprint density at radius 2 is 2.21 bits per heavy atom. The zero-order chi connectivity index (χ0) is 10.5. The molecule has 2 nitrogen and oxygen atoms in total. The van der Waals surface area contributed by atoms with Crippen LogP contribution in [-0.4, -0.2) is 9.55 Å². The fourth-order valence-corrected chi connectivity index (χ4v) is 2.53. The molecule has 0 aliphatic heterocycles. The summed E-state index contributed by atoms with van der Waals surface area (Å²) in [6, 6.07) is 2.04. The molecule has 0 spiro atoms. The molecule has 74 valence electrons. The summed E-state index contributed by atoms with van der Waals surface area (Å²) in [5.41, 5.74) is 1.93. The average Bonchev–Trinajstić information content (AvgIpc) is 2.42. The van der Waals surface area contributed by atoms with Crippen LogP contribution in [0.1, 0.15) is 5.82 Å². The topological polar surface area (TPSA) is 17.8 Å². The molecule has 0 atom stereocenters. The largest absolute Gasteiger partial charge is 0.331 e. The van der Waals surface area contributed by atoms with E-state index in [0.29, 0.717) is 0 Å². The molecule has 0 N–H and O–H groups in total. The number of nitrogens with zero attached hydrogens (tertiary/aromatic N) is 2. The van der Waals surface area contributed by atoms with Crippen molar-refractivity contribution in [3.05, 3.63) is 25.0 Å². The highest BCUT2D eigenvalue weighted by atomic mass is 127. The van der Waals surface area contributed by atoms with Crippen LogP contribution in [0.15, 0.2) is 10.5 Å². The van der Waals surface area contributed by atoms with Crippen molar-refractivity contribution in [2.24, 2.45) is 7.05 Å². The van der Waals surface area contributed by atoms with Crippen LogP contribution in [0.5, 0.6) is 0 Å². The van der Waals surface area contributed by atoms with Crippen LogP contribution >= 0.6 is 50.1 Å². The molecule has 0 amide bonds. The Balaban J connectivity index is 2.98. The third kappa shape index (κ3) is 1.47.